The molecular weight excluding hydrogens is 266 g/mol. The molecule has 0 saturated carbocycles. The van der Waals surface area contributed by atoms with Crippen LogP contribution in [0.5, 0.6) is 0 Å². The predicted molar refractivity (Wildman–Crippen MR) is 80.9 cm³/mol. The summed E-state index contributed by atoms with van der Waals surface area (Å²) < 4.78 is 5.15. The van der Waals surface area contributed by atoms with Gasteiger partial charge in [0.15, 0.2) is 0 Å². The zero-order valence-electron chi connectivity index (χ0n) is 11.6. The first-order chi connectivity index (χ1) is 10.3. The topological polar surface area (TPSA) is 70.1 Å². The van der Waals surface area contributed by atoms with Gasteiger partial charge in [-0.1, -0.05) is 18.2 Å². The van der Waals surface area contributed by atoms with Crippen molar-refractivity contribution in [2.75, 3.05) is 6.54 Å². The van der Waals surface area contributed by atoms with Crippen LogP contribution < -0.4 is 10.6 Å². The lowest BCUT2D eigenvalue weighted by Crippen LogP contribution is -2.36. The zero-order chi connectivity index (χ0) is 14.5. The minimum absolute atomic E-state index is 0.189. The molecule has 5 heteroatoms. The summed E-state index contributed by atoms with van der Waals surface area (Å²) in [5.41, 5.74) is 2.33. The van der Waals surface area contributed by atoms with E-state index in [-0.39, 0.29) is 6.03 Å². The van der Waals surface area contributed by atoms with Crippen LogP contribution in [0, 0.1) is 0 Å². The van der Waals surface area contributed by atoms with E-state index in [0.29, 0.717) is 13.1 Å². The average Bonchev–Trinajstić information content (AvgIpc) is 3.15. The number of hydrogen-bond donors (Lipinski definition) is 3. The van der Waals surface area contributed by atoms with E-state index in [0.717, 1.165) is 17.7 Å². The van der Waals surface area contributed by atoms with Crippen molar-refractivity contribution in [3.05, 3.63) is 60.2 Å². The van der Waals surface area contributed by atoms with E-state index in [1.54, 1.807) is 12.3 Å². The number of aromatic nitrogens is 1. The fourth-order valence-corrected chi connectivity index (χ4v) is 2.29. The molecule has 0 fully saturated rings. The number of fused-ring (bicyclic) bond motifs is 1. The van der Waals surface area contributed by atoms with Crippen molar-refractivity contribution in [1.29, 1.82) is 0 Å². The molecule has 0 unspecified atom stereocenters. The third kappa shape index (κ3) is 3.25. The second kappa shape index (κ2) is 6.17. The number of amides is 2. The Hall–Kier alpha value is -2.69. The summed E-state index contributed by atoms with van der Waals surface area (Å²) in [6, 6.07) is 11.6. The Bertz CT molecular complexity index is 716. The SMILES string of the molecule is O=C(NCCc1c[nH]c2ccccc12)NCc1ccco1. The molecule has 1 aromatic carbocycles. The number of carbonyl (C=O) groups excluding carboxylic acids is 1. The number of benzene rings is 1. The largest absolute Gasteiger partial charge is 0.467 e. The van der Waals surface area contributed by atoms with E-state index in [4.69, 9.17) is 4.42 Å². The molecule has 0 saturated heterocycles. The van der Waals surface area contributed by atoms with E-state index < -0.39 is 0 Å². The monoisotopic (exact) mass is 283 g/mol. The Morgan fingerprint density at radius 1 is 1.14 bits per heavy atom. The summed E-state index contributed by atoms with van der Waals surface area (Å²) in [5, 5.41) is 6.80. The first-order valence-corrected chi connectivity index (χ1v) is 6.92. The fraction of sp³-hybridized carbons (Fsp3) is 0.188. The highest BCUT2D eigenvalue weighted by Crippen LogP contribution is 2.17. The molecule has 0 aliphatic carbocycles. The van der Waals surface area contributed by atoms with Crippen LogP contribution in [0.15, 0.2) is 53.3 Å². The molecule has 2 aromatic heterocycles. The molecule has 3 rings (SSSR count). The van der Waals surface area contributed by atoms with Gasteiger partial charge in [0.25, 0.3) is 0 Å². The molecule has 0 atom stereocenters. The van der Waals surface area contributed by atoms with Crippen molar-refractivity contribution in [1.82, 2.24) is 15.6 Å². The summed E-state index contributed by atoms with van der Waals surface area (Å²) in [5.74, 6) is 0.738. The lowest BCUT2D eigenvalue weighted by molar-refractivity contribution is 0.239. The number of rotatable bonds is 5. The molecule has 0 radical (unpaired) electrons. The van der Waals surface area contributed by atoms with Crippen LogP contribution in [0.2, 0.25) is 0 Å². The molecule has 5 nitrogen and oxygen atoms in total. The van der Waals surface area contributed by atoms with Crippen LogP contribution in [0.3, 0.4) is 0 Å². The number of urea groups is 1. The second-order valence-electron chi connectivity index (χ2n) is 4.80. The number of hydrogen-bond acceptors (Lipinski definition) is 2. The van der Waals surface area contributed by atoms with E-state index in [2.05, 4.69) is 21.7 Å². The highest BCUT2D eigenvalue weighted by molar-refractivity contribution is 5.83. The highest BCUT2D eigenvalue weighted by Gasteiger charge is 2.04. The number of nitrogens with one attached hydrogen (secondary N) is 3. The number of para-hydroxylation sites is 1. The van der Waals surface area contributed by atoms with E-state index in [1.165, 1.54) is 10.9 Å². The van der Waals surface area contributed by atoms with Crippen molar-refractivity contribution in [2.24, 2.45) is 0 Å². The Labute approximate surface area is 122 Å². The van der Waals surface area contributed by atoms with Crippen LogP contribution in [-0.2, 0) is 13.0 Å². The summed E-state index contributed by atoms with van der Waals surface area (Å²) >= 11 is 0. The van der Waals surface area contributed by atoms with Crippen LogP contribution in [0.4, 0.5) is 4.79 Å². The second-order valence-corrected chi connectivity index (χ2v) is 4.80. The lowest BCUT2D eigenvalue weighted by Gasteiger charge is -2.06. The summed E-state index contributed by atoms with van der Waals surface area (Å²) in [6.45, 7) is 0.984. The van der Waals surface area contributed by atoms with Crippen molar-refractivity contribution in [3.63, 3.8) is 0 Å². The van der Waals surface area contributed by atoms with Gasteiger partial charge in [0, 0.05) is 23.6 Å². The molecule has 3 aromatic rings. The Morgan fingerprint density at radius 3 is 2.90 bits per heavy atom. The molecule has 3 N–H and O–H groups in total. The molecule has 0 spiro atoms. The Morgan fingerprint density at radius 2 is 2.05 bits per heavy atom. The van der Waals surface area contributed by atoms with Gasteiger partial charge >= 0.3 is 6.03 Å². The smallest absolute Gasteiger partial charge is 0.315 e. The van der Waals surface area contributed by atoms with E-state index in [9.17, 15) is 4.79 Å². The molecule has 2 amide bonds. The van der Waals surface area contributed by atoms with Crippen molar-refractivity contribution in [2.45, 2.75) is 13.0 Å². The minimum Gasteiger partial charge on any atom is -0.467 e. The third-order valence-corrected chi connectivity index (χ3v) is 3.36. The Kier molecular flexibility index (Phi) is 3.91. The van der Waals surface area contributed by atoms with Gasteiger partial charge in [-0.05, 0) is 30.2 Å². The lowest BCUT2D eigenvalue weighted by atomic mass is 10.1. The molecule has 21 heavy (non-hydrogen) atoms. The molecule has 0 aliphatic heterocycles. The zero-order valence-corrected chi connectivity index (χ0v) is 11.6. The van der Waals surface area contributed by atoms with Crippen LogP contribution in [0.25, 0.3) is 10.9 Å². The maximum atomic E-state index is 11.7. The molecular formula is C16H17N3O2. The standard InChI is InChI=1S/C16H17N3O2/c20-16(19-11-13-4-3-9-21-13)17-8-7-12-10-18-15-6-2-1-5-14(12)15/h1-6,9-10,18H,7-8,11H2,(H2,17,19,20). The average molecular weight is 283 g/mol. The van der Waals surface area contributed by atoms with Crippen LogP contribution in [0.1, 0.15) is 11.3 Å². The van der Waals surface area contributed by atoms with Gasteiger partial charge in [-0.15, -0.1) is 0 Å². The first-order valence-electron chi connectivity index (χ1n) is 6.92. The van der Waals surface area contributed by atoms with Crippen LogP contribution >= 0.6 is 0 Å². The highest BCUT2D eigenvalue weighted by atomic mass is 16.3. The number of H-pyrrole nitrogens is 1. The third-order valence-electron chi connectivity index (χ3n) is 3.36. The van der Waals surface area contributed by atoms with E-state index in [1.807, 2.05) is 30.5 Å². The van der Waals surface area contributed by atoms with Gasteiger partial charge in [-0.25, -0.2) is 4.79 Å². The summed E-state index contributed by atoms with van der Waals surface area (Å²) in [4.78, 5) is 14.9. The minimum atomic E-state index is -0.189. The van der Waals surface area contributed by atoms with E-state index >= 15 is 0 Å². The van der Waals surface area contributed by atoms with Gasteiger partial charge in [0.1, 0.15) is 5.76 Å². The fourth-order valence-electron chi connectivity index (χ4n) is 2.29. The molecule has 2 heterocycles. The number of carbonyl (C=O) groups is 1. The van der Waals surface area contributed by atoms with Crippen molar-refractivity contribution >= 4 is 16.9 Å². The maximum absolute atomic E-state index is 11.7. The number of aromatic amines is 1. The first kappa shape index (κ1) is 13.3. The quantitative estimate of drug-likeness (QED) is 0.674. The van der Waals surface area contributed by atoms with Gasteiger partial charge in [0.2, 0.25) is 0 Å². The molecule has 0 aliphatic rings. The molecule has 0 bridgehead atoms. The maximum Gasteiger partial charge on any atom is 0.315 e. The van der Waals surface area contributed by atoms with Gasteiger partial charge < -0.3 is 20.0 Å². The normalized spacial score (nSPS) is 10.7. The van der Waals surface area contributed by atoms with Crippen molar-refractivity contribution < 1.29 is 9.21 Å². The summed E-state index contributed by atoms with van der Waals surface area (Å²) in [7, 11) is 0. The Balaban J connectivity index is 1.46. The van der Waals surface area contributed by atoms with Gasteiger partial charge in [0.05, 0.1) is 12.8 Å². The summed E-state index contributed by atoms with van der Waals surface area (Å²) in [6.07, 6.45) is 4.37. The van der Waals surface area contributed by atoms with Crippen molar-refractivity contribution in [3.8, 4) is 0 Å². The van der Waals surface area contributed by atoms with Gasteiger partial charge in [-0.2, -0.15) is 0 Å². The van der Waals surface area contributed by atoms with Gasteiger partial charge in [-0.3, -0.25) is 0 Å². The number of furan rings is 1. The predicted octanol–water partition coefficient (Wildman–Crippen LogP) is 2.80. The van der Waals surface area contributed by atoms with Crippen LogP contribution in [-0.4, -0.2) is 17.6 Å². The molecule has 108 valence electrons.